The SMILES string of the molecule is CCCOC1CCC(CCc2ccc(C3CC(C)(C)N(C)C(C)(C)C3)c(F)c2)CC1. The molecule has 0 unspecified atom stereocenters. The third kappa shape index (κ3) is 5.65. The maximum Gasteiger partial charge on any atom is 0.126 e. The van der Waals surface area contributed by atoms with Gasteiger partial charge < -0.3 is 4.74 Å². The molecule has 0 spiro atoms. The Morgan fingerprint density at radius 3 is 2.23 bits per heavy atom. The van der Waals surface area contributed by atoms with Crippen LogP contribution in [0.2, 0.25) is 0 Å². The van der Waals surface area contributed by atoms with Gasteiger partial charge in [0, 0.05) is 17.7 Å². The Morgan fingerprint density at radius 2 is 1.67 bits per heavy atom. The first-order chi connectivity index (χ1) is 14.1. The van der Waals surface area contributed by atoms with Crippen molar-refractivity contribution < 1.29 is 9.13 Å². The van der Waals surface area contributed by atoms with Crippen LogP contribution in [0.25, 0.3) is 0 Å². The second-order valence-electron chi connectivity index (χ2n) is 11.2. The number of halogens is 1. The van der Waals surface area contributed by atoms with Gasteiger partial charge in [-0.15, -0.1) is 0 Å². The van der Waals surface area contributed by atoms with Crippen molar-refractivity contribution in [3.05, 3.63) is 35.1 Å². The van der Waals surface area contributed by atoms with Crippen molar-refractivity contribution in [2.24, 2.45) is 5.92 Å². The van der Waals surface area contributed by atoms with Crippen LogP contribution in [-0.2, 0) is 11.2 Å². The van der Waals surface area contributed by atoms with Crippen molar-refractivity contribution >= 4 is 0 Å². The first kappa shape index (κ1) is 23.7. The number of piperidine rings is 1. The van der Waals surface area contributed by atoms with Crippen LogP contribution in [0.3, 0.4) is 0 Å². The number of hydrogen-bond donors (Lipinski definition) is 0. The number of rotatable bonds is 7. The summed E-state index contributed by atoms with van der Waals surface area (Å²) in [6, 6.07) is 6.10. The maximum atomic E-state index is 15.1. The number of aryl methyl sites for hydroxylation is 1. The summed E-state index contributed by atoms with van der Waals surface area (Å²) in [6.45, 7) is 12.2. The molecule has 1 aromatic carbocycles. The van der Waals surface area contributed by atoms with E-state index >= 15 is 4.39 Å². The lowest BCUT2D eigenvalue weighted by Gasteiger charge is -2.54. The van der Waals surface area contributed by atoms with E-state index in [0.29, 0.717) is 12.0 Å². The van der Waals surface area contributed by atoms with E-state index in [1.54, 1.807) is 0 Å². The Morgan fingerprint density at radius 1 is 1.03 bits per heavy atom. The van der Waals surface area contributed by atoms with Crippen molar-refractivity contribution in [3.63, 3.8) is 0 Å². The fourth-order valence-corrected chi connectivity index (χ4v) is 5.89. The van der Waals surface area contributed by atoms with E-state index in [2.05, 4.69) is 58.7 Å². The van der Waals surface area contributed by atoms with Crippen molar-refractivity contribution in [1.29, 1.82) is 0 Å². The second-order valence-corrected chi connectivity index (χ2v) is 11.2. The van der Waals surface area contributed by atoms with E-state index in [4.69, 9.17) is 4.74 Å². The average molecular weight is 418 g/mol. The summed E-state index contributed by atoms with van der Waals surface area (Å²) < 4.78 is 21.1. The predicted octanol–water partition coefficient (Wildman–Crippen LogP) is 7.11. The highest BCUT2D eigenvalue weighted by Gasteiger charge is 2.43. The summed E-state index contributed by atoms with van der Waals surface area (Å²) in [5.74, 6) is 1.06. The lowest BCUT2D eigenvalue weighted by molar-refractivity contribution is -0.0133. The summed E-state index contributed by atoms with van der Waals surface area (Å²) in [6.07, 6.45) is 10.7. The minimum atomic E-state index is 0.00493. The minimum absolute atomic E-state index is 0.00493. The Hall–Kier alpha value is -0.930. The molecular formula is C27H44FNO. The van der Waals surface area contributed by atoms with E-state index in [1.165, 1.54) is 32.1 Å². The molecule has 0 N–H and O–H groups in total. The van der Waals surface area contributed by atoms with Crippen LogP contribution in [0.4, 0.5) is 4.39 Å². The van der Waals surface area contributed by atoms with Gasteiger partial charge in [-0.2, -0.15) is 0 Å². The fraction of sp³-hybridized carbons (Fsp3) is 0.778. The van der Waals surface area contributed by atoms with Crippen molar-refractivity contribution in [1.82, 2.24) is 4.90 Å². The van der Waals surface area contributed by atoms with Gasteiger partial charge in [-0.25, -0.2) is 4.39 Å². The van der Waals surface area contributed by atoms with Crippen molar-refractivity contribution in [3.8, 4) is 0 Å². The van der Waals surface area contributed by atoms with E-state index in [-0.39, 0.29) is 16.9 Å². The summed E-state index contributed by atoms with van der Waals surface area (Å²) >= 11 is 0. The van der Waals surface area contributed by atoms with E-state index in [9.17, 15) is 0 Å². The van der Waals surface area contributed by atoms with Gasteiger partial charge in [-0.3, -0.25) is 4.90 Å². The normalized spacial score (nSPS) is 27.3. The fourth-order valence-electron chi connectivity index (χ4n) is 5.89. The van der Waals surface area contributed by atoms with Crippen LogP contribution in [0.1, 0.15) is 103 Å². The van der Waals surface area contributed by atoms with Crippen LogP contribution in [0.15, 0.2) is 18.2 Å². The molecule has 0 amide bonds. The summed E-state index contributed by atoms with van der Waals surface area (Å²) in [4.78, 5) is 2.46. The molecule has 1 aliphatic carbocycles. The van der Waals surface area contributed by atoms with Gasteiger partial charge in [0.25, 0.3) is 0 Å². The van der Waals surface area contributed by atoms with Crippen molar-refractivity contribution in [2.45, 2.75) is 116 Å². The Bertz CT molecular complexity index is 672. The predicted molar refractivity (Wildman–Crippen MR) is 125 cm³/mol. The molecule has 2 nitrogen and oxygen atoms in total. The first-order valence-corrected chi connectivity index (χ1v) is 12.3. The summed E-state index contributed by atoms with van der Waals surface area (Å²) in [5.41, 5.74) is 2.24. The molecule has 1 saturated carbocycles. The van der Waals surface area contributed by atoms with Crippen LogP contribution < -0.4 is 0 Å². The number of ether oxygens (including phenoxy) is 1. The van der Waals surface area contributed by atoms with Gasteiger partial charge in [-0.05, 0) is 122 Å². The molecule has 3 heteroatoms. The summed E-state index contributed by atoms with van der Waals surface area (Å²) in [5, 5.41) is 0. The van der Waals surface area contributed by atoms with Crippen LogP contribution >= 0.6 is 0 Å². The molecule has 2 aliphatic rings. The van der Waals surface area contributed by atoms with E-state index in [0.717, 1.165) is 49.3 Å². The number of hydrogen-bond acceptors (Lipinski definition) is 2. The van der Waals surface area contributed by atoms with Crippen LogP contribution in [-0.4, -0.2) is 35.7 Å². The molecule has 0 atom stereocenters. The first-order valence-electron chi connectivity index (χ1n) is 12.3. The molecule has 2 fully saturated rings. The molecule has 0 aromatic heterocycles. The number of likely N-dealkylation sites (tertiary alicyclic amines) is 1. The van der Waals surface area contributed by atoms with E-state index in [1.807, 2.05) is 6.07 Å². The standard InChI is InChI=1S/C27H44FNO/c1-7-16-30-23-13-10-20(11-14-23)8-9-21-12-15-24(25(28)17-21)22-18-26(2,3)29(6)27(4,5)19-22/h12,15,17,20,22-23H,7-11,13-14,16,18-19H2,1-6H3. The molecule has 0 bridgehead atoms. The molecule has 1 aliphatic heterocycles. The zero-order valence-corrected chi connectivity index (χ0v) is 20.3. The second kappa shape index (κ2) is 9.69. The third-order valence-corrected chi connectivity index (χ3v) is 8.01. The highest BCUT2D eigenvalue weighted by Crippen LogP contribution is 2.45. The molecule has 1 aromatic rings. The zero-order chi connectivity index (χ0) is 21.9. The number of nitrogens with zero attached hydrogens (tertiary/aromatic N) is 1. The highest BCUT2D eigenvalue weighted by molar-refractivity contribution is 5.29. The zero-order valence-electron chi connectivity index (χ0n) is 20.3. The highest BCUT2D eigenvalue weighted by atomic mass is 19.1. The van der Waals surface area contributed by atoms with Gasteiger partial charge in [0.2, 0.25) is 0 Å². The maximum absolute atomic E-state index is 15.1. The van der Waals surface area contributed by atoms with Gasteiger partial charge >= 0.3 is 0 Å². The Balaban J connectivity index is 1.56. The Kier molecular flexibility index (Phi) is 7.66. The molecular weight excluding hydrogens is 373 g/mol. The molecule has 30 heavy (non-hydrogen) atoms. The molecule has 1 saturated heterocycles. The van der Waals surface area contributed by atoms with Gasteiger partial charge in [0.05, 0.1) is 6.10 Å². The smallest absolute Gasteiger partial charge is 0.126 e. The van der Waals surface area contributed by atoms with Gasteiger partial charge in [0.15, 0.2) is 0 Å². The van der Waals surface area contributed by atoms with Crippen LogP contribution in [0, 0.1) is 11.7 Å². The minimum Gasteiger partial charge on any atom is -0.378 e. The summed E-state index contributed by atoms with van der Waals surface area (Å²) in [7, 11) is 2.21. The van der Waals surface area contributed by atoms with Gasteiger partial charge in [-0.1, -0.05) is 19.1 Å². The molecule has 170 valence electrons. The monoisotopic (exact) mass is 417 g/mol. The van der Waals surface area contributed by atoms with Crippen LogP contribution in [0.5, 0.6) is 0 Å². The Labute approximate surface area is 184 Å². The lowest BCUT2D eigenvalue weighted by atomic mass is 9.71. The van der Waals surface area contributed by atoms with E-state index < -0.39 is 0 Å². The average Bonchev–Trinajstić information content (AvgIpc) is 2.69. The lowest BCUT2D eigenvalue weighted by Crippen LogP contribution is -2.58. The largest absolute Gasteiger partial charge is 0.378 e. The third-order valence-electron chi connectivity index (χ3n) is 8.01. The molecule has 3 rings (SSSR count). The molecule has 1 heterocycles. The van der Waals surface area contributed by atoms with Crippen molar-refractivity contribution in [2.75, 3.05) is 13.7 Å². The molecule has 0 radical (unpaired) electrons. The topological polar surface area (TPSA) is 12.5 Å². The van der Waals surface area contributed by atoms with Gasteiger partial charge in [0.1, 0.15) is 5.82 Å². The quantitative estimate of drug-likeness (QED) is 0.469. The number of benzene rings is 1.